The van der Waals surface area contributed by atoms with E-state index in [4.69, 9.17) is 18.6 Å². The number of aromatic nitrogens is 5. The normalized spacial score (nSPS) is 11.4. The van der Waals surface area contributed by atoms with E-state index in [1.54, 1.807) is 49.2 Å². The molecule has 6 aromatic rings. The Morgan fingerprint density at radius 3 is 2.78 bits per heavy atom. The summed E-state index contributed by atoms with van der Waals surface area (Å²) < 4.78 is 38.7. The molecule has 1 aromatic carbocycles. The second kappa shape index (κ2) is 8.88. The summed E-state index contributed by atoms with van der Waals surface area (Å²) in [5.74, 6) is 1.18. The van der Waals surface area contributed by atoms with Gasteiger partial charge in [0.05, 0.1) is 37.1 Å². The van der Waals surface area contributed by atoms with Crippen LogP contribution in [0, 0.1) is 12.9 Å². The van der Waals surface area contributed by atoms with Crippen LogP contribution in [0.1, 0.15) is 10.6 Å². The lowest BCUT2D eigenvalue weighted by atomic mass is 10.2. The molecule has 12 heteroatoms. The van der Waals surface area contributed by atoms with Gasteiger partial charge in [-0.3, -0.25) is 0 Å². The van der Waals surface area contributed by atoms with Gasteiger partial charge in [0.2, 0.25) is 10.9 Å². The van der Waals surface area contributed by atoms with Crippen LogP contribution >= 0.6 is 22.7 Å². The molecule has 9 nitrogen and oxygen atoms in total. The van der Waals surface area contributed by atoms with E-state index in [1.165, 1.54) is 28.9 Å². The topological polar surface area (TPSA) is 96.8 Å². The number of imidazole rings is 1. The molecule has 0 aliphatic rings. The summed E-state index contributed by atoms with van der Waals surface area (Å²) >= 11 is 2.73. The first-order valence-corrected chi connectivity index (χ1v) is 12.4. The number of rotatable bonds is 7. The van der Waals surface area contributed by atoms with Gasteiger partial charge in [-0.15, -0.1) is 16.4 Å². The van der Waals surface area contributed by atoms with Crippen molar-refractivity contribution in [3.05, 3.63) is 59.2 Å². The number of halogens is 1. The highest BCUT2D eigenvalue weighted by Gasteiger charge is 2.19. The van der Waals surface area contributed by atoms with Crippen LogP contribution in [0.2, 0.25) is 0 Å². The summed E-state index contributed by atoms with van der Waals surface area (Å²) in [7, 11) is 3.15. The Labute approximate surface area is 211 Å². The van der Waals surface area contributed by atoms with Crippen molar-refractivity contribution in [1.29, 1.82) is 0 Å². The summed E-state index contributed by atoms with van der Waals surface area (Å²) in [5, 5.41) is 6.16. The van der Waals surface area contributed by atoms with E-state index in [0.717, 1.165) is 10.3 Å². The number of ether oxygens (including phenoxy) is 3. The van der Waals surface area contributed by atoms with Crippen molar-refractivity contribution < 1.29 is 23.0 Å². The average Bonchev–Trinajstić information content (AvgIpc) is 3.64. The molecule has 0 aliphatic carbocycles. The molecule has 182 valence electrons. The van der Waals surface area contributed by atoms with Gasteiger partial charge in [-0.05, 0) is 36.5 Å². The van der Waals surface area contributed by atoms with E-state index in [1.807, 2.05) is 13.0 Å². The zero-order valence-corrected chi connectivity index (χ0v) is 20.9. The number of methoxy groups -OCH3 is 2. The van der Waals surface area contributed by atoms with Crippen LogP contribution < -0.4 is 14.2 Å². The van der Waals surface area contributed by atoms with Crippen molar-refractivity contribution >= 4 is 38.6 Å². The maximum Gasteiger partial charge on any atom is 0.294 e. The molecule has 36 heavy (non-hydrogen) atoms. The van der Waals surface area contributed by atoms with Crippen molar-refractivity contribution in [2.24, 2.45) is 0 Å². The number of furan rings is 1. The fraction of sp³-hybridized carbons (Fsp3) is 0.167. The fourth-order valence-corrected chi connectivity index (χ4v) is 5.33. The fourth-order valence-electron chi connectivity index (χ4n) is 3.70. The molecular weight excluding hydrogens is 505 g/mol. The van der Waals surface area contributed by atoms with Gasteiger partial charge in [-0.2, -0.15) is 4.39 Å². The van der Waals surface area contributed by atoms with Crippen molar-refractivity contribution in [3.8, 4) is 38.7 Å². The van der Waals surface area contributed by atoms with Gasteiger partial charge in [0.1, 0.15) is 34.4 Å². The molecule has 0 bridgehead atoms. The van der Waals surface area contributed by atoms with E-state index < -0.39 is 5.95 Å². The van der Waals surface area contributed by atoms with Gasteiger partial charge in [0.25, 0.3) is 5.19 Å². The molecule has 0 amide bonds. The van der Waals surface area contributed by atoms with Crippen molar-refractivity contribution in [2.45, 2.75) is 13.5 Å². The summed E-state index contributed by atoms with van der Waals surface area (Å²) in [6.45, 7) is 2.12. The van der Waals surface area contributed by atoms with Crippen LogP contribution in [0.3, 0.4) is 0 Å². The number of hydrogen-bond acceptors (Lipinski definition) is 10. The summed E-state index contributed by atoms with van der Waals surface area (Å²) in [6.07, 6.45) is 3.19. The van der Waals surface area contributed by atoms with E-state index in [-0.39, 0.29) is 6.61 Å². The summed E-state index contributed by atoms with van der Waals surface area (Å²) in [6, 6.07) is 8.81. The molecule has 0 unspecified atom stereocenters. The van der Waals surface area contributed by atoms with E-state index in [0.29, 0.717) is 55.0 Å². The molecule has 0 saturated heterocycles. The molecule has 0 fully saturated rings. The lowest BCUT2D eigenvalue weighted by Gasteiger charge is -2.08. The molecule has 6 rings (SSSR count). The standard InChI is InChI=1S/C24H18FN5O4S2/c1-12-17(27-22(35-12)14-5-4-6-26-21(14)25)11-33-18-7-13(31-2)8-19-15(18)9-20(34-19)16-10-30-23(28-16)36-24(29-30)32-3/h4-10H,11H2,1-3H3. The molecule has 0 N–H and O–H groups in total. The predicted octanol–water partition coefficient (Wildman–Crippen LogP) is 5.77. The van der Waals surface area contributed by atoms with Crippen LogP contribution in [0.25, 0.3) is 38.0 Å². The monoisotopic (exact) mass is 523 g/mol. The van der Waals surface area contributed by atoms with Crippen LogP contribution in [0.5, 0.6) is 16.7 Å². The molecule has 0 spiro atoms. The number of hydrogen-bond donors (Lipinski definition) is 0. The van der Waals surface area contributed by atoms with Crippen molar-refractivity contribution in [3.63, 3.8) is 0 Å². The van der Waals surface area contributed by atoms with Crippen LogP contribution in [0.4, 0.5) is 4.39 Å². The van der Waals surface area contributed by atoms with Crippen molar-refractivity contribution in [1.82, 2.24) is 24.6 Å². The third kappa shape index (κ3) is 3.93. The average molecular weight is 524 g/mol. The Morgan fingerprint density at radius 2 is 2.00 bits per heavy atom. The van der Waals surface area contributed by atoms with E-state index in [2.05, 4.69) is 20.1 Å². The summed E-state index contributed by atoms with van der Waals surface area (Å²) in [5.41, 5.74) is 2.31. The van der Waals surface area contributed by atoms with Crippen LogP contribution in [0.15, 0.2) is 47.1 Å². The maximum absolute atomic E-state index is 14.1. The molecule has 5 aromatic heterocycles. The largest absolute Gasteiger partial charge is 0.496 e. The highest BCUT2D eigenvalue weighted by atomic mass is 32.1. The van der Waals surface area contributed by atoms with Gasteiger partial charge in [0.15, 0.2) is 5.76 Å². The number of nitrogens with zero attached hydrogens (tertiary/aromatic N) is 5. The van der Waals surface area contributed by atoms with E-state index >= 15 is 0 Å². The van der Waals surface area contributed by atoms with Gasteiger partial charge < -0.3 is 18.6 Å². The smallest absolute Gasteiger partial charge is 0.294 e. The van der Waals surface area contributed by atoms with Crippen LogP contribution in [-0.4, -0.2) is 38.8 Å². The first-order chi connectivity index (χ1) is 17.5. The Balaban J connectivity index is 1.32. The zero-order valence-electron chi connectivity index (χ0n) is 19.3. The minimum atomic E-state index is -0.549. The number of thiazole rings is 1. The maximum atomic E-state index is 14.1. The van der Waals surface area contributed by atoms with Gasteiger partial charge >= 0.3 is 0 Å². The van der Waals surface area contributed by atoms with Gasteiger partial charge in [-0.25, -0.2) is 19.5 Å². The number of benzene rings is 1. The summed E-state index contributed by atoms with van der Waals surface area (Å²) in [4.78, 5) is 14.5. The highest BCUT2D eigenvalue weighted by Crippen LogP contribution is 2.38. The minimum absolute atomic E-state index is 0.191. The molecule has 5 heterocycles. The first kappa shape index (κ1) is 22.4. The number of pyridine rings is 1. The Kier molecular flexibility index (Phi) is 5.53. The Morgan fingerprint density at radius 1 is 1.11 bits per heavy atom. The number of aryl methyl sites for hydroxylation is 1. The SMILES string of the molecule is COc1cc(OCc2nc(-c3cccnc3F)sc2C)c2cc(-c3cn4nc(OC)sc4n3)oc2c1. The Hall–Kier alpha value is -4.03. The zero-order chi connectivity index (χ0) is 24.8. The second-order valence-electron chi connectivity index (χ2n) is 7.73. The van der Waals surface area contributed by atoms with Crippen LogP contribution in [-0.2, 0) is 6.61 Å². The molecule has 0 atom stereocenters. The lowest BCUT2D eigenvalue weighted by molar-refractivity contribution is 0.303. The predicted molar refractivity (Wildman–Crippen MR) is 134 cm³/mol. The molecular formula is C24H18FN5O4S2. The number of fused-ring (bicyclic) bond motifs is 2. The minimum Gasteiger partial charge on any atom is -0.496 e. The Bertz CT molecular complexity index is 1690. The molecule has 0 saturated carbocycles. The molecule has 0 radical (unpaired) electrons. The second-order valence-corrected chi connectivity index (χ2v) is 9.85. The third-order valence-electron chi connectivity index (χ3n) is 5.51. The lowest BCUT2D eigenvalue weighted by Crippen LogP contribution is -1.98. The van der Waals surface area contributed by atoms with Gasteiger partial charge in [-0.1, -0.05) is 0 Å². The highest BCUT2D eigenvalue weighted by molar-refractivity contribution is 7.18. The quantitative estimate of drug-likeness (QED) is 0.244. The molecule has 0 aliphatic heterocycles. The first-order valence-electron chi connectivity index (χ1n) is 10.7. The van der Waals surface area contributed by atoms with Crippen molar-refractivity contribution in [2.75, 3.05) is 14.2 Å². The van der Waals surface area contributed by atoms with E-state index in [9.17, 15) is 4.39 Å². The van der Waals surface area contributed by atoms with Gasteiger partial charge in [0, 0.05) is 23.2 Å². The third-order valence-corrected chi connectivity index (χ3v) is 7.44.